The Labute approximate surface area is 100 Å². The summed E-state index contributed by atoms with van der Waals surface area (Å²) in [4.78, 5) is 10.4. The topological polar surface area (TPSA) is 63.3 Å². The molecular weight excluding hydrogens is 202 g/mol. The van der Waals surface area contributed by atoms with Crippen molar-refractivity contribution in [3.63, 3.8) is 0 Å². The zero-order valence-electron chi connectivity index (χ0n) is 9.87. The predicted molar refractivity (Wildman–Crippen MR) is 69.6 cm³/mol. The van der Waals surface area contributed by atoms with Crippen molar-refractivity contribution < 1.29 is 9.90 Å². The molecule has 0 rings (SSSR count). The van der Waals surface area contributed by atoms with Gasteiger partial charge in [0.25, 0.3) is 0 Å². The number of hydrogen-bond acceptors (Lipinski definition) is 2. The number of unbranched alkanes of at least 4 members (excludes halogenated alkanes) is 7. The molecule has 98 valence electrons. The molecule has 16 heavy (non-hydrogen) atoms. The quantitative estimate of drug-likeness (QED) is 0.565. The van der Waals surface area contributed by atoms with Crippen LogP contribution >= 0.6 is 0 Å². The summed E-state index contributed by atoms with van der Waals surface area (Å²) in [5, 5.41) is 8.56. The van der Waals surface area contributed by atoms with Gasteiger partial charge in [0.1, 0.15) is 6.04 Å². The van der Waals surface area contributed by atoms with Crippen molar-refractivity contribution >= 4 is 5.97 Å². The van der Waals surface area contributed by atoms with Gasteiger partial charge in [-0.15, -0.1) is 0 Å². The maximum absolute atomic E-state index is 10.4. The second kappa shape index (κ2) is 12.5. The predicted octanol–water partition coefficient (Wildman–Crippen LogP) is 3.57. The fourth-order valence-electron chi connectivity index (χ4n) is 1.62. The third kappa shape index (κ3) is 11.5. The third-order valence-electron chi connectivity index (χ3n) is 2.69. The fraction of sp³-hybridized carbons (Fsp3) is 0.923. The van der Waals surface area contributed by atoms with Gasteiger partial charge in [-0.25, -0.2) is 0 Å². The van der Waals surface area contributed by atoms with E-state index in [1.807, 2.05) is 0 Å². The van der Waals surface area contributed by atoms with E-state index < -0.39 is 12.0 Å². The number of nitrogens with two attached hydrogens (primary N) is 1. The molecule has 0 saturated carbocycles. The van der Waals surface area contributed by atoms with Gasteiger partial charge in [0.05, 0.1) is 0 Å². The Balaban J connectivity index is 0. The summed E-state index contributed by atoms with van der Waals surface area (Å²) < 4.78 is 0. The minimum absolute atomic E-state index is 0. The molecule has 0 aliphatic carbocycles. The smallest absolute Gasteiger partial charge is 0.320 e. The molecule has 0 saturated heterocycles. The molecule has 0 aliphatic rings. The van der Waals surface area contributed by atoms with Gasteiger partial charge in [0, 0.05) is 0 Å². The summed E-state index contributed by atoms with van der Waals surface area (Å²) in [6.07, 6.45) is 10.5. The third-order valence-corrected chi connectivity index (χ3v) is 2.69. The highest BCUT2D eigenvalue weighted by molar-refractivity contribution is 5.72. The van der Waals surface area contributed by atoms with Crippen molar-refractivity contribution in [2.45, 2.75) is 78.2 Å². The van der Waals surface area contributed by atoms with E-state index in [9.17, 15) is 4.79 Å². The lowest BCUT2D eigenvalue weighted by molar-refractivity contribution is -0.138. The van der Waals surface area contributed by atoms with E-state index >= 15 is 0 Å². The Morgan fingerprint density at radius 1 is 1.06 bits per heavy atom. The average Bonchev–Trinajstić information content (AvgIpc) is 2.21. The average molecular weight is 231 g/mol. The molecule has 3 heteroatoms. The van der Waals surface area contributed by atoms with Crippen LogP contribution in [-0.4, -0.2) is 17.1 Å². The van der Waals surface area contributed by atoms with Crippen LogP contribution in [0.2, 0.25) is 0 Å². The first-order valence-electron chi connectivity index (χ1n) is 6.17. The lowest BCUT2D eigenvalue weighted by Gasteiger charge is -2.05. The number of carboxylic acid groups (broad SMARTS) is 1. The Hall–Kier alpha value is -0.570. The van der Waals surface area contributed by atoms with Crippen LogP contribution in [0.1, 0.15) is 72.1 Å². The van der Waals surface area contributed by atoms with E-state index in [0.717, 1.165) is 12.8 Å². The van der Waals surface area contributed by atoms with Crippen LogP contribution in [0, 0.1) is 0 Å². The maximum Gasteiger partial charge on any atom is 0.320 e. The van der Waals surface area contributed by atoms with Gasteiger partial charge >= 0.3 is 5.97 Å². The Morgan fingerprint density at radius 3 is 1.94 bits per heavy atom. The molecule has 0 aromatic carbocycles. The van der Waals surface area contributed by atoms with Crippen molar-refractivity contribution in [2.75, 3.05) is 0 Å². The van der Waals surface area contributed by atoms with Crippen molar-refractivity contribution in [1.82, 2.24) is 0 Å². The molecule has 0 aromatic rings. The van der Waals surface area contributed by atoms with Crippen LogP contribution in [0.3, 0.4) is 0 Å². The summed E-state index contributed by atoms with van der Waals surface area (Å²) in [5.74, 6) is -0.877. The molecule has 0 aliphatic heterocycles. The van der Waals surface area contributed by atoms with Gasteiger partial charge in [0.2, 0.25) is 0 Å². The largest absolute Gasteiger partial charge is 0.480 e. The van der Waals surface area contributed by atoms with E-state index in [2.05, 4.69) is 6.92 Å². The van der Waals surface area contributed by atoms with Crippen LogP contribution in [0.4, 0.5) is 0 Å². The highest BCUT2D eigenvalue weighted by Crippen LogP contribution is 2.10. The summed E-state index contributed by atoms with van der Waals surface area (Å²) in [7, 11) is 0. The van der Waals surface area contributed by atoms with E-state index in [4.69, 9.17) is 10.8 Å². The molecule has 0 amide bonds. The monoisotopic (exact) mass is 231 g/mol. The Bertz CT molecular complexity index is 160. The van der Waals surface area contributed by atoms with Gasteiger partial charge in [-0.2, -0.15) is 0 Å². The molecule has 3 N–H and O–H groups in total. The number of carbonyl (C=O) groups is 1. The molecular formula is C13H29NO2. The first-order chi connectivity index (χ1) is 7.18. The van der Waals surface area contributed by atoms with Gasteiger partial charge in [-0.3, -0.25) is 4.79 Å². The minimum Gasteiger partial charge on any atom is -0.480 e. The Morgan fingerprint density at radius 2 is 1.50 bits per heavy atom. The van der Waals surface area contributed by atoms with Gasteiger partial charge in [0.15, 0.2) is 0 Å². The van der Waals surface area contributed by atoms with Crippen molar-refractivity contribution in [1.29, 1.82) is 0 Å². The molecule has 0 heterocycles. The van der Waals surface area contributed by atoms with Crippen LogP contribution < -0.4 is 5.73 Å². The number of aliphatic carboxylic acids is 1. The lowest BCUT2D eigenvalue weighted by atomic mass is 10.1. The zero-order valence-corrected chi connectivity index (χ0v) is 9.87. The van der Waals surface area contributed by atoms with Gasteiger partial charge in [-0.1, -0.05) is 65.7 Å². The number of hydrogen-bond donors (Lipinski definition) is 2. The minimum atomic E-state index is -0.877. The van der Waals surface area contributed by atoms with Crippen molar-refractivity contribution in [3.05, 3.63) is 0 Å². The summed E-state index contributed by atoms with van der Waals surface area (Å²) in [5.41, 5.74) is 5.40. The normalized spacial score (nSPS) is 11.9. The maximum atomic E-state index is 10.4. The summed E-state index contributed by atoms with van der Waals surface area (Å²) in [6.45, 7) is 2.22. The second-order valence-electron chi connectivity index (χ2n) is 4.21. The van der Waals surface area contributed by atoms with Crippen molar-refractivity contribution in [3.8, 4) is 0 Å². The van der Waals surface area contributed by atoms with Gasteiger partial charge in [-0.05, 0) is 6.42 Å². The van der Waals surface area contributed by atoms with E-state index in [1.165, 1.54) is 38.5 Å². The molecule has 1 atom stereocenters. The van der Waals surface area contributed by atoms with E-state index in [0.29, 0.717) is 6.42 Å². The first-order valence-corrected chi connectivity index (χ1v) is 6.17. The molecule has 0 spiro atoms. The van der Waals surface area contributed by atoms with E-state index in [-0.39, 0.29) is 7.43 Å². The SMILES string of the molecule is C.CCCCCCCCCCC(N)C(=O)O. The number of rotatable bonds is 10. The highest BCUT2D eigenvalue weighted by Gasteiger charge is 2.09. The standard InChI is InChI=1S/C12H25NO2.CH4/c1-2-3-4-5-6-7-8-9-10-11(13)12(14)15;/h11H,2-10,13H2,1H3,(H,14,15);1H4. The highest BCUT2D eigenvalue weighted by atomic mass is 16.4. The zero-order chi connectivity index (χ0) is 11.5. The lowest BCUT2D eigenvalue weighted by Crippen LogP contribution is -2.29. The molecule has 3 nitrogen and oxygen atoms in total. The van der Waals surface area contributed by atoms with Crippen LogP contribution in [0.25, 0.3) is 0 Å². The molecule has 0 aromatic heterocycles. The van der Waals surface area contributed by atoms with Crippen LogP contribution in [0.5, 0.6) is 0 Å². The molecule has 1 unspecified atom stereocenters. The second-order valence-corrected chi connectivity index (χ2v) is 4.21. The summed E-state index contributed by atoms with van der Waals surface area (Å²) in [6, 6.07) is -0.662. The van der Waals surface area contributed by atoms with Crippen molar-refractivity contribution in [2.24, 2.45) is 5.73 Å². The van der Waals surface area contributed by atoms with E-state index in [1.54, 1.807) is 0 Å². The summed E-state index contributed by atoms with van der Waals surface area (Å²) >= 11 is 0. The molecule has 0 fully saturated rings. The Kier molecular flexibility index (Phi) is 13.9. The van der Waals surface area contributed by atoms with Gasteiger partial charge < -0.3 is 10.8 Å². The van der Waals surface area contributed by atoms with Crippen LogP contribution in [0.15, 0.2) is 0 Å². The number of carboxylic acids is 1. The molecule has 0 radical (unpaired) electrons. The molecule has 0 bridgehead atoms. The first kappa shape index (κ1) is 17.8. The van der Waals surface area contributed by atoms with Crippen LogP contribution in [-0.2, 0) is 4.79 Å². The fourth-order valence-corrected chi connectivity index (χ4v) is 1.62.